The van der Waals surface area contributed by atoms with Gasteiger partial charge in [-0.25, -0.2) is 13.8 Å². The van der Waals surface area contributed by atoms with Gasteiger partial charge in [0, 0.05) is 17.0 Å². The van der Waals surface area contributed by atoms with Crippen LogP contribution >= 0.6 is 23.1 Å². The summed E-state index contributed by atoms with van der Waals surface area (Å²) in [6, 6.07) is 8.94. The molecule has 9 heteroatoms. The molecule has 0 saturated heterocycles. The lowest BCUT2D eigenvalue weighted by molar-refractivity contribution is -0.113. The first-order valence-corrected chi connectivity index (χ1v) is 11.1. The van der Waals surface area contributed by atoms with Gasteiger partial charge in [0.15, 0.2) is 5.16 Å². The third-order valence-corrected chi connectivity index (χ3v) is 6.53. The number of carbonyl (C=O) groups excluding carboxylic acids is 1. The molecule has 0 atom stereocenters. The van der Waals surface area contributed by atoms with E-state index in [9.17, 15) is 18.4 Å². The van der Waals surface area contributed by atoms with Crippen LogP contribution in [0, 0.1) is 25.5 Å². The van der Waals surface area contributed by atoms with Crippen molar-refractivity contribution in [3.8, 4) is 11.1 Å². The van der Waals surface area contributed by atoms with Crippen LogP contribution in [0.5, 0.6) is 0 Å². The summed E-state index contributed by atoms with van der Waals surface area (Å²) < 4.78 is 26.6. The van der Waals surface area contributed by atoms with Gasteiger partial charge in [0.2, 0.25) is 5.91 Å². The summed E-state index contributed by atoms with van der Waals surface area (Å²) in [5, 5.41) is 5.08. The number of aryl methyl sites for hydroxylation is 2. The highest BCUT2D eigenvalue weighted by Gasteiger charge is 2.15. The third kappa shape index (κ3) is 4.52. The topological polar surface area (TPSA) is 74.8 Å². The molecule has 158 valence electrons. The number of benzene rings is 2. The van der Waals surface area contributed by atoms with Gasteiger partial charge in [-0.1, -0.05) is 30.0 Å². The van der Waals surface area contributed by atoms with Crippen LogP contribution in [0.15, 0.2) is 51.7 Å². The number of thioether (sulfide) groups is 1. The second-order valence-electron chi connectivity index (χ2n) is 6.96. The number of nitrogens with one attached hydrogen (secondary N) is 2. The molecule has 2 heterocycles. The lowest BCUT2D eigenvalue weighted by Crippen LogP contribution is -2.16. The zero-order valence-electron chi connectivity index (χ0n) is 16.6. The Hall–Kier alpha value is -3.04. The van der Waals surface area contributed by atoms with Crippen molar-refractivity contribution >= 4 is 44.9 Å². The van der Waals surface area contributed by atoms with Crippen LogP contribution in [0.25, 0.3) is 21.3 Å². The number of anilines is 1. The summed E-state index contributed by atoms with van der Waals surface area (Å²) in [7, 11) is 0. The smallest absolute Gasteiger partial charge is 0.260 e. The van der Waals surface area contributed by atoms with Crippen LogP contribution in [0.2, 0.25) is 0 Å². The average Bonchev–Trinajstić information content (AvgIpc) is 3.15. The van der Waals surface area contributed by atoms with Crippen LogP contribution in [0.4, 0.5) is 14.5 Å². The van der Waals surface area contributed by atoms with Gasteiger partial charge in [-0.15, -0.1) is 11.3 Å². The average molecular weight is 458 g/mol. The number of hydrogen-bond acceptors (Lipinski definition) is 5. The van der Waals surface area contributed by atoms with Gasteiger partial charge in [-0.3, -0.25) is 9.59 Å². The van der Waals surface area contributed by atoms with Gasteiger partial charge in [0.25, 0.3) is 5.56 Å². The molecule has 0 spiro atoms. The maximum Gasteiger partial charge on any atom is 0.260 e. The molecule has 5 nitrogen and oxygen atoms in total. The molecule has 0 unspecified atom stereocenters. The first kappa shape index (κ1) is 21.2. The van der Waals surface area contributed by atoms with Crippen LogP contribution in [0.3, 0.4) is 0 Å². The van der Waals surface area contributed by atoms with Crippen molar-refractivity contribution in [3.05, 3.63) is 74.9 Å². The number of carbonyl (C=O) groups is 1. The zero-order chi connectivity index (χ0) is 22.1. The molecule has 4 aromatic rings. The van der Waals surface area contributed by atoms with Gasteiger partial charge in [0.05, 0.1) is 16.8 Å². The van der Waals surface area contributed by atoms with Crippen molar-refractivity contribution in [2.45, 2.75) is 19.0 Å². The number of halogens is 2. The molecular weight excluding hydrogens is 440 g/mol. The van der Waals surface area contributed by atoms with Crippen LogP contribution in [0.1, 0.15) is 11.1 Å². The van der Waals surface area contributed by atoms with E-state index in [4.69, 9.17) is 0 Å². The molecule has 0 bridgehead atoms. The highest BCUT2D eigenvalue weighted by atomic mass is 32.2. The summed E-state index contributed by atoms with van der Waals surface area (Å²) in [5.74, 6) is -2.18. The van der Waals surface area contributed by atoms with E-state index in [0.717, 1.165) is 40.6 Å². The zero-order valence-corrected chi connectivity index (χ0v) is 18.2. The van der Waals surface area contributed by atoms with Crippen molar-refractivity contribution in [3.63, 3.8) is 0 Å². The fourth-order valence-corrected chi connectivity index (χ4v) is 4.70. The Morgan fingerprint density at radius 2 is 1.97 bits per heavy atom. The number of aromatic amines is 1. The summed E-state index contributed by atoms with van der Waals surface area (Å²) in [6.45, 7) is 4.05. The quantitative estimate of drug-likeness (QED) is 0.316. The number of fused-ring (bicyclic) bond motifs is 1. The Balaban J connectivity index is 1.52. The molecule has 0 radical (unpaired) electrons. The molecular formula is C22H17F2N3O2S2. The Labute approximate surface area is 184 Å². The third-order valence-electron chi connectivity index (χ3n) is 4.79. The lowest BCUT2D eigenvalue weighted by atomic mass is 10.0. The van der Waals surface area contributed by atoms with E-state index in [1.54, 1.807) is 0 Å². The fraction of sp³-hybridized carbons (Fsp3) is 0.136. The van der Waals surface area contributed by atoms with E-state index in [0.29, 0.717) is 21.4 Å². The lowest BCUT2D eigenvalue weighted by Gasteiger charge is -2.06. The number of aromatic nitrogens is 2. The maximum atomic E-state index is 13.7. The monoisotopic (exact) mass is 457 g/mol. The number of thiophene rings is 1. The van der Waals surface area contributed by atoms with Crippen LogP contribution in [-0.4, -0.2) is 21.6 Å². The predicted molar refractivity (Wildman–Crippen MR) is 121 cm³/mol. The molecule has 0 aliphatic heterocycles. The van der Waals surface area contributed by atoms with Crippen LogP contribution < -0.4 is 10.9 Å². The Kier molecular flexibility index (Phi) is 5.88. The minimum atomic E-state index is -0.858. The largest absolute Gasteiger partial charge is 0.323 e. The number of nitrogens with zero attached hydrogens (tertiary/aromatic N) is 1. The number of H-pyrrole nitrogens is 1. The predicted octanol–water partition coefficient (Wildman–Crippen LogP) is 5.28. The van der Waals surface area contributed by atoms with Crippen molar-refractivity contribution in [1.82, 2.24) is 9.97 Å². The van der Waals surface area contributed by atoms with Gasteiger partial charge in [0.1, 0.15) is 16.5 Å². The van der Waals surface area contributed by atoms with E-state index in [-0.39, 0.29) is 17.0 Å². The minimum absolute atomic E-state index is 0.0966. The maximum absolute atomic E-state index is 13.7. The molecule has 2 N–H and O–H groups in total. The second-order valence-corrected chi connectivity index (χ2v) is 8.78. The summed E-state index contributed by atoms with van der Waals surface area (Å²) in [4.78, 5) is 32.6. The van der Waals surface area contributed by atoms with E-state index in [1.165, 1.54) is 16.9 Å². The fourth-order valence-electron chi connectivity index (χ4n) is 3.03. The molecule has 1 amide bonds. The molecule has 0 fully saturated rings. The number of hydrogen-bond donors (Lipinski definition) is 2. The highest BCUT2D eigenvalue weighted by molar-refractivity contribution is 7.99. The summed E-state index contributed by atoms with van der Waals surface area (Å²) in [5.41, 5.74) is 3.68. The first-order valence-electron chi connectivity index (χ1n) is 9.28. The van der Waals surface area contributed by atoms with Crippen molar-refractivity contribution in [1.29, 1.82) is 0 Å². The highest BCUT2D eigenvalue weighted by Crippen LogP contribution is 2.32. The molecule has 0 aliphatic rings. The Bertz CT molecular complexity index is 1360. The molecule has 0 saturated carbocycles. The molecule has 0 aliphatic carbocycles. The van der Waals surface area contributed by atoms with Crippen molar-refractivity contribution in [2.75, 3.05) is 11.1 Å². The SMILES string of the molecule is Cc1ccc(-c2csc3nc(SCC(=O)Nc4ccc(F)cc4F)[nH]c(=O)c23)cc1C. The van der Waals surface area contributed by atoms with Crippen molar-refractivity contribution in [2.24, 2.45) is 0 Å². The first-order chi connectivity index (χ1) is 14.8. The second kappa shape index (κ2) is 8.60. The number of rotatable bonds is 5. The Morgan fingerprint density at radius 3 is 2.71 bits per heavy atom. The van der Waals surface area contributed by atoms with Gasteiger partial charge < -0.3 is 10.3 Å². The number of amides is 1. The molecule has 31 heavy (non-hydrogen) atoms. The van der Waals surface area contributed by atoms with E-state index < -0.39 is 17.5 Å². The summed E-state index contributed by atoms with van der Waals surface area (Å²) >= 11 is 2.38. The molecule has 2 aromatic carbocycles. The van der Waals surface area contributed by atoms with Crippen LogP contribution in [-0.2, 0) is 4.79 Å². The summed E-state index contributed by atoms with van der Waals surface area (Å²) in [6.07, 6.45) is 0. The van der Waals surface area contributed by atoms with Gasteiger partial charge >= 0.3 is 0 Å². The van der Waals surface area contributed by atoms with Gasteiger partial charge in [-0.05, 0) is 42.7 Å². The minimum Gasteiger partial charge on any atom is -0.323 e. The van der Waals surface area contributed by atoms with Crippen molar-refractivity contribution < 1.29 is 13.6 Å². The van der Waals surface area contributed by atoms with E-state index in [1.807, 2.05) is 37.4 Å². The van der Waals surface area contributed by atoms with E-state index >= 15 is 0 Å². The Morgan fingerprint density at radius 1 is 1.16 bits per heavy atom. The van der Waals surface area contributed by atoms with E-state index in [2.05, 4.69) is 15.3 Å². The standard InChI is InChI=1S/C22H17F2N3O2S2/c1-11-3-4-13(7-12(11)2)15-9-30-21-19(15)20(29)26-22(27-21)31-10-18(28)25-17-6-5-14(23)8-16(17)24/h3-9H,10H2,1-2H3,(H,25,28)(H,26,27,29). The molecule has 4 rings (SSSR count). The normalized spacial score (nSPS) is 11.1. The molecule has 2 aromatic heterocycles. The van der Waals surface area contributed by atoms with Gasteiger partial charge in [-0.2, -0.15) is 0 Å².